The van der Waals surface area contributed by atoms with Crippen LogP contribution in [0.2, 0.25) is 0 Å². The van der Waals surface area contributed by atoms with E-state index in [1.165, 1.54) is 16.5 Å². The standard InChI is InChI=1S/C19H14BrNO/c1-11-10-16-18(17(20)12(11)2)22-19(21-16)15-9-5-7-13-6-3-4-8-14(13)15/h3-10H,1-2H3. The molecule has 0 aliphatic heterocycles. The minimum Gasteiger partial charge on any atom is -0.435 e. The molecule has 3 heteroatoms. The molecule has 108 valence electrons. The summed E-state index contributed by atoms with van der Waals surface area (Å²) in [7, 11) is 0. The number of rotatable bonds is 1. The van der Waals surface area contributed by atoms with Gasteiger partial charge in [0.15, 0.2) is 5.58 Å². The molecular formula is C19H14BrNO. The second kappa shape index (κ2) is 4.96. The molecule has 0 saturated carbocycles. The first kappa shape index (κ1) is 13.5. The van der Waals surface area contributed by atoms with E-state index >= 15 is 0 Å². The fraction of sp³-hybridized carbons (Fsp3) is 0.105. The van der Waals surface area contributed by atoms with Gasteiger partial charge in [-0.15, -0.1) is 0 Å². The first-order chi connectivity index (χ1) is 10.6. The minimum atomic E-state index is 0.664. The van der Waals surface area contributed by atoms with Gasteiger partial charge in [-0.3, -0.25) is 0 Å². The molecular weight excluding hydrogens is 338 g/mol. The van der Waals surface area contributed by atoms with Crippen LogP contribution < -0.4 is 0 Å². The molecule has 0 atom stereocenters. The first-order valence-corrected chi connectivity index (χ1v) is 7.99. The Labute approximate surface area is 136 Å². The molecule has 0 bridgehead atoms. The summed E-state index contributed by atoms with van der Waals surface area (Å²) in [6.45, 7) is 4.17. The van der Waals surface area contributed by atoms with E-state index in [2.05, 4.69) is 60.1 Å². The van der Waals surface area contributed by atoms with Gasteiger partial charge >= 0.3 is 0 Å². The predicted octanol–water partition coefficient (Wildman–Crippen LogP) is 6.03. The lowest BCUT2D eigenvalue weighted by molar-refractivity contribution is 0.618. The van der Waals surface area contributed by atoms with Crippen molar-refractivity contribution in [1.29, 1.82) is 0 Å². The summed E-state index contributed by atoms with van der Waals surface area (Å²) in [5, 5.41) is 2.34. The Hall–Kier alpha value is -2.13. The van der Waals surface area contributed by atoms with Gasteiger partial charge in [0.1, 0.15) is 5.52 Å². The van der Waals surface area contributed by atoms with Crippen molar-refractivity contribution in [3.8, 4) is 11.5 Å². The van der Waals surface area contributed by atoms with Crippen LogP contribution in [0.4, 0.5) is 0 Å². The number of benzene rings is 3. The zero-order valence-electron chi connectivity index (χ0n) is 12.4. The molecule has 0 unspecified atom stereocenters. The Balaban J connectivity index is 2.03. The van der Waals surface area contributed by atoms with E-state index in [0.29, 0.717) is 5.89 Å². The van der Waals surface area contributed by atoms with Crippen LogP contribution in [-0.4, -0.2) is 4.98 Å². The first-order valence-electron chi connectivity index (χ1n) is 7.19. The SMILES string of the molecule is Cc1cc2nc(-c3cccc4ccccc34)oc2c(Br)c1C. The third kappa shape index (κ3) is 1.97. The average molecular weight is 352 g/mol. The van der Waals surface area contributed by atoms with Crippen LogP contribution in [0.5, 0.6) is 0 Å². The fourth-order valence-electron chi connectivity index (χ4n) is 2.77. The summed E-state index contributed by atoms with van der Waals surface area (Å²) >= 11 is 3.63. The van der Waals surface area contributed by atoms with Crippen molar-refractivity contribution in [1.82, 2.24) is 4.98 Å². The molecule has 0 saturated heterocycles. The highest BCUT2D eigenvalue weighted by Gasteiger charge is 2.15. The topological polar surface area (TPSA) is 26.0 Å². The van der Waals surface area contributed by atoms with Crippen LogP contribution in [0, 0.1) is 13.8 Å². The summed E-state index contributed by atoms with van der Waals surface area (Å²) in [6, 6.07) is 16.6. The lowest BCUT2D eigenvalue weighted by atomic mass is 10.0. The van der Waals surface area contributed by atoms with E-state index in [-0.39, 0.29) is 0 Å². The highest BCUT2D eigenvalue weighted by Crippen LogP contribution is 2.35. The molecule has 2 nitrogen and oxygen atoms in total. The highest BCUT2D eigenvalue weighted by atomic mass is 79.9. The quantitative estimate of drug-likeness (QED) is 0.418. The third-order valence-corrected chi connectivity index (χ3v) is 5.10. The number of aromatic nitrogens is 1. The molecule has 0 N–H and O–H groups in total. The van der Waals surface area contributed by atoms with E-state index in [4.69, 9.17) is 9.40 Å². The zero-order valence-corrected chi connectivity index (χ0v) is 13.9. The Kier molecular flexibility index (Phi) is 3.05. The van der Waals surface area contributed by atoms with E-state index in [0.717, 1.165) is 26.5 Å². The summed E-state index contributed by atoms with van der Waals surface area (Å²) in [4.78, 5) is 4.70. The van der Waals surface area contributed by atoms with Crippen LogP contribution in [-0.2, 0) is 0 Å². The van der Waals surface area contributed by atoms with E-state index in [9.17, 15) is 0 Å². The lowest BCUT2D eigenvalue weighted by Crippen LogP contribution is -1.83. The van der Waals surface area contributed by atoms with Gasteiger partial charge < -0.3 is 4.42 Å². The van der Waals surface area contributed by atoms with Crippen molar-refractivity contribution < 1.29 is 4.42 Å². The molecule has 0 radical (unpaired) electrons. The van der Waals surface area contributed by atoms with Crippen molar-refractivity contribution in [3.05, 3.63) is 64.1 Å². The Morgan fingerprint density at radius 2 is 1.77 bits per heavy atom. The van der Waals surface area contributed by atoms with E-state index < -0.39 is 0 Å². The number of aryl methyl sites for hydroxylation is 1. The molecule has 3 aromatic carbocycles. The van der Waals surface area contributed by atoms with Crippen molar-refractivity contribution in [2.45, 2.75) is 13.8 Å². The third-order valence-electron chi connectivity index (χ3n) is 4.15. The molecule has 0 fully saturated rings. The normalized spacial score (nSPS) is 11.4. The van der Waals surface area contributed by atoms with Gasteiger partial charge in [0.2, 0.25) is 5.89 Å². The fourth-order valence-corrected chi connectivity index (χ4v) is 3.37. The molecule has 0 amide bonds. The molecule has 4 aromatic rings. The van der Waals surface area contributed by atoms with Gasteiger partial charge in [-0.05, 0) is 63.8 Å². The maximum Gasteiger partial charge on any atom is 0.228 e. The number of halogens is 1. The number of oxazole rings is 1. The highest BCUT2D eigenvalue weighted by molar-refractivity contribution is 9.10. The van der Waals surface area contributed by atoms with Crippen molar-refractivity contribution >= 4 is 37.8 Å². The van der Waals surface area contributed by atoms with Gasteiger partial charge in [0.25, 0.3) is 0 Å². The van der Waals surface area contributed by atoms with Gasteiger partial charge in [0.05, 0.1) is 4.47 Å². The molecule has 1 heterocycles. The van der Waals surface area contributed by atoms with E-state index in [1.54, 1.807) is 0 Å². The Bertz CT molecular complexity index is 1010. The number of fused-ring (bicyclic) bond motifs is 2. The van der Waals surface area contributed by atoms with Crippen LogP contribution >= 0.6 is 15.9 Å². The van der Waals surface area contributed by atoms with Gasteiger partial charge in [-0.2, -0.15) is 0 Å². The molecule has 0 aliphatic carbocycles. The smallest absolute Gasteiger partial charge is 0.228 e. The van der Waals surface area contributed by atoms with Gasteiger partial charge in [-0.1, -0.05) is 36.4 Å². The zero-order chi connectivity index (χ0) is 15.3. The molecule has 4 rings (SSSR count). The maximum absolute atomic E-state index is 6.07. The molecule has 0 aliphatic rings. The summed E-state index contributed by atoms with van der Waals surface area (Å²) < 4.78 is 7.06. The molecule has 22 heavy (non-hydrogen) atoms. The van der Waals surface area contributed by atoms with Crippen LogP contribution in [0.25, 0.3) is 33.3 Å². The lowest BCUT2D eigenvalue weighted by Gasteiger charge is -2.02. The van der Waals surface area contributed by atoms with Crippen molar-refractivity contribution in [3.63, 3.8) is 0 Å². The number of nitrogens with zero attached hydrogens (tertiary/aromatic N) is 1. The van der Waals surface area contributed by atoms with Crippen LogP contribution in [0.15, 0.2) is 57.4 Å². The average Bonchev–Trinajstić information content (AvgIpc) is 2.96. The van der Waals surface area contributed by atoms with Crippen molar-refractivity contribution in [2.75, 3.05) is 0 Å². The Morgan fingerprint density at radius 1 is 1.00 bits per heavy atom. The summed E-state index contributed by atoms with van der Waals surface area (Å²) in [5.74, 6) is 0.664. The van der Waals surface area contributed by atoms with Gasteiger partial charge in [0, 0.05) is 5.56 Å². The number of hydrogen-bond acceptors (Lipinski definition) is 2. The molecule has 0 spiro atoms. The maximum atomic E-state index is 6.07. The van der Waals surface area contributed by atoms with Gasteiger partial charge in [-0.25, -0.2) is 4.98 Å². The van der Waals surface area contributed by atoms with E-state index in [1.807, 2.05) is 18.2 Å². The summed E-state index contributed by atoms with van der Waals surface area (Å²) in [6.07, 6.45) is 0. The Morgan fingerprint density at radius 3 is 2.64 bits per heavy atom. The second-order valence-corrected chi connectivity index (χ2v) is 6.32. The molecule has 1 aromatic heterocycles. The minimum absolute atomic E-state index is 0.664. The number of hydrogen-bond donors (Lipinski definition) is 0. The second-order valence-electron chi connectivity index (χ2n) is 5.53. The van der Waals surface area contributed by atoms with Crippen molar-refractivity contribution in [2.24, 2.45) is 0 Å². The van der Waals surface area contributed by atoms with Crippen LogP contribution in [0.1, 0.15) is 11.1 Å². The largest absolute Gasteiger partial charge is 0.435 e. The predicted molar refractivity (Wildman–Crippen MR) is 94.1 cm³/mol. The van der Waals surface area contributed by atoms with Crippen LogP contribution in [0.3, 0.4) is 0 Å². The summed E-state index contributed by atoms with van der Waals surface area (Å²) in [5.41, 5.74) is 5.12. The monoisotopic (exact) mass is 351 g/mol.